The Hall–Kier alpha value is -2.64. The van der Waals surface area contributed by atoms with Gasteiger partial charge in [-0.25, -0.2) is 13.2 Å². The van der Waals surface area contributed by atoms with Gasteiger partial charge in [-0.2, -0.15) is 4.31 Å². The van der Waals surface area contributed by atoms with Gasteiger partial charge in [0.05, 0.1) is 30.7 Å². The molecule has 2 aromatic rings. The molecule has 0 N–H and O–H groups in total. The summed E-state index contributed by atoms with van der Waals surface area (Å²) < 4.78 is 37.9. The van der Waals surface area contributed by atoms with Crippen LogP contribution in [0.25, 0.3) is 0 Å². The maximum Gasteiger partial charge on any atom is 0.335 e. The number of benzene rings is 2. The first-order valence-corrected chi connectivity index (χ1v) is 9.83. The van der Waals surface area contributed by atoms with E-state index in [1.165, 1.54) is 18.5 Å². The Morgan fingerprint density at radius 3 is 2.44 bits per heavy atom. The smallest absolute Gasteiger partial charge is 0.335 e. The number of esters is 1. The van der Waals surface area contributed by atoms with Crippen LogP contribution in [0.1, 0.15) is 17.2 Å². The van der Waals surface area contributed by atoms with Gasteiger partial charge in [0, 0.05) is 6.54 Å². The number of rotatable bonds is 5. The van der Waals surface area contributed by atoms with Crippen molar-refractivity contribution in [3.8, 4) is 5.75 Å². The van der Waals surface area contributed by atoms with Gasteiger partial charge < -0.3 is 9.47 Å². The minimum absolute atomic E-state index is 0.0858. The molecule has 0 saturated heterocycles. The summed E-state index contributed by atoms with van der Waals surface area (Å²) >= 11 is 0. The molecule has 27 heavy (non-hydrogen) atoms. The number of methoxy groups -OCH3 is 2. The molecule has 0 saturated carbocycles. The molecule has 142 valence electrons. The molecule has 0 aliphatic carbocycles. The summed E-state index contributed by atoms with van der Waals surface area (Å²) in [5.74, 6) is 0.0284. The number of carbonyl (C=O) groups is 1. The zero-order chi connectivity index (χ0) is 19.6. The minimum Gasteiger partial charge on any atom is -0.497 e. The van der Waals surface area contributed by atoms with E-state index < -0.39 is 22.0 Å². The van der Waals surface area contributed by atoms with E-state index in [1.54, 1.807) is 54.6 Å². The van der Waals surface area contributed by atoms with Crippen LogP contribution in [-0.4, -0.2) is 39.5 Å². The molecular formula is C20H21NO5S. The molecule has 0 amide bonds. The number of hydrogen-bond acceptors (Lipinski definition) is 5. The van der Waals surface area contributed by atoms with Gasteiger partial charge in [0.25, 0.3) is 0 Å². The van der Waals surface area contributed by atoms with Crippen LogP contribution < -0.4 is 4.74 Å². The van der Waals surface area contributed by atoms with Gasteiger partial charge in [0.1, 0.15) is 5.75 Å². The Bertz CT molecular complexity index is 980. The third-order valence-electron chi connectivity index (χ3n) is 4.53. The molecule has 7 heteroatoms. The van der Waals surface area contributed by atoms with Crippen LogP contribution in [0.5, 0.6) is 5.75 Å². The van der Waals surface area contributed by atoms with E-state index in [0.717, 1.165) is 5.56 Å². The highest BCUT2D eigenvalue weighted by Crippen LogP contribution is 2.39. The lowest BCUT2D eigenvalue weighted by molar-refractivity contribution is -0.136. The Balaban J connectivity index is 2.08. The fraction of sp³-hybridized carbons (Fsp3) is 0.250. The first-order valence-electron chi connectivity index (χ1n) is 8.39. The van der Waals surface area contributed by atoms with Crippen molar-refractivity contribution in [1.29, 1.82) is 0 Å². The van der Waals surface area contributed by atoms with E-state index in [9.17, 15) is 13.2 Å². The maximum atomic E-state index is 13.2. The summed E-state index contributed by atoms with van der Waals surface area (Å²) in [6.45, 7) is 1.98. The maximum absolute atomic E-state index is 13.2. The minimum atomic E-state index is -3.81. The van der Waals surface area contributed by atoms with Crippen molar-refractivity contribution in [3.63, 3.8) is 0 Å². The van der Waals surface area contributed by atoms with Crippen molar-refractivity contribution in [3.05, 3.63) is 71.3 Å². The van der Waals surface area contributed by atoms with E-state index in [4.69, 9.17) is 9.47 Å². The lowest BCUT2D eigenvalue weighted by Gasteiger charge is -2.26. The number of sulfonamides is 1. The van der Waals surface area contributed by atoms with Crippen LogP contribution in [0.2, 0.25) is 0 Å². The van der Waals surface area contributed by atoms with E-state index in [0.29, 0.717) is 16.9 Å². The summed E-state index contributed by atoms with van der Waals surface area (Å²) in [6, 6.07) is 12.9. The molecule has 0 radical (unpaired) electrons. The molecule has 2 aromatic carbocycles. The lowest BCUT2D eigenvalue weighted by atomic mass is 10.0. The average Bonchev–Trinajstić information content (AvgIpc) is 3.13. The van der Waals surface area contributed by atoms with Crippen molar-refractivity contribution >= 4 is 16.0 Å². The van der Waals surface area contributed by atoms with Crippen molar-refractivity contribution in [2.24, 2.45) is 0 Å². The topological polar surface area (TPSA) is 72.9 Å². The normalized spacial score (nSPS) is 17.4. The summed E-state index contributed by atoms with van der Waals surface area (Å²) in [7, 11) is -1.00. The van der Waals surface area contributed by atoms with Gasteiger partial charge in [-0.3, -0.25) is 0 Å². The molecular weight excluding hydrogens is 366 g/mol. The zero-order valence-corrected chi connectivity index (χ0v) is 16.2. The Morgan fingerprint density at radius 2 is 1.81 bits per heavy atom. The monoisotopic (exact) mass is 387 g/mol. The lowest BCUT2D eigenvalue weighted by Crippen LogP contribution is -2.33. The highest BCUT2D eigenvalue weighted by molar-refractivity contribution is 7.89. The Labute approximate surface area is 159 Å². The predicted molar refractivity (Wildman–Crippen MR) is 101 cm³/mol. The average molecular weight is 387 g/mol. The number of nitrogens with zero attached hydrogens (tertiary/aromatic N) is 1. The number of hydrogen-bond donors (Lipinski definition) is 0. The van der Waals surface area contributed by atoms with Gasteiger partial charge in [0.2, 0.25) is 10.0 Å². The second-order valence-electron chi connectivity index (χ2n) is 6.22. The third kappa shape index (κ3) is 3.61. The first-order chi connectivity index (χ1) is 12.9. The Kier molecular flexibility index (Phi) is 5.34. The van der Waals surface area contributed by atoms with Gasteiger partial charge >= 0.3 is 5.97 Å². The molecule has 1 heterocycles. The SMILES string of the molecule is COC(=O)C1=CCN(S(=O)(=O)c2ccc(C)cc2)C1c1cccc(OC)c1. The van der Waals surface area contributed by atoms with Crippen LogP contribution in [0.4, 0.5) is 0 Å². The molecule has 0 bridgehead atoms. The fourth-order valence-electron chi connectivity index (χ4n) is 3.11. The number of carbonyl (C=O) groups excluding carboxylic acids is 1. The van der Waals surface area contributed by atoms with Gasteiger partial charge in [-0.15, -0.1) is 0 Å². The fourth-order valence-corrected chi connectivity index (χ4v) is 4.65. The highest BCUT2D eigenvalue weighted by Gasteiger charge is 2.41. The Morgan fingerprint density at radius 1 is 1.11 bits per heavy atom. The van der Waals surface area contributed by atoms with Gasteiger partial charge in [-0.1, -0.05) is 35.9 Å². The molecule has 0 fully saturated rings. The third-order valence-corrected chi connectivity index (χ3v) is 6.38. The molecule has 0 aromatic heterocycles. The number of ether oxygens (including phenoxy) is 2. The molecule has 1 unspecified atom stereocenters. The quantitative estimate of drug-likeness (QED) is 0.738. The van der Waals surface area contributed by atoms with Crippen LogP contribution in [0.3, 0.4) is 0 Å². The second kappa shape index (κ2) is 7.54. The summed E-state index contributed by atoms with van der Waals surface area (Å²) in [5.41, 5.74) is 1.90. The van der Waals surface area contributed by atoms with Gasteiger partial charge in [0.15, 0.2) is 0 Å². The zero-order valence-electron chi connectivity index (χ0n) is 15.4. The van der Waals surface area contributed by atoms with E-state index >= 15 is 0 Å². The van der Waals surface area contributed by atoms with E-state index in [-0.39, 0.29) is 11.4 Å². The van der Waals surface area contributed by atoms with Crippen molar-refractivity contribution in [2.45, 2.75) is 17.9 Å². The van der Waals surface area contributed by atoms with E-state index in [1.807, 2.05) is 6.92 Å². The second-order valence-corrected chi connectivity index (χ2v) is 8.11. The van der Waals surface area contributed by atoms with Crippen LogP contribution in [-0.2, 0) is 19.6 Å². The van der Waals surface area contributed by atoms with Crippen molar-refractivity contribution in [1.82, 2.24) is 4.31 Å². The summed E-state index contributed by atoms with van der Waals surface area (Å²) in [6.07, 6.45) is 1.60. The standard InChI is InChI=1S/C20H21NO5S/c1-14-7-9-17(10-8-14)27(23,24)21-12-11-18(20(22)26-3)19(21)15-5-4-6-16(13-15)25-2/h4-11,13,19H,12H2,1-3H3. The van der Waals surface area contributed by atoms with Gasteiger partial charge in [-0.05, 0) is 36.8 Å². The van der Waals surface area contributed by atoms with E-state index in [2.05, 4.69) is 0 Å². The first kappa shape index (κ1) is 19.1. The van der Waals surface area contributed by atoms with Crippen LogP contribution in [0.15, 0.2) is 65.1 Å². The molecule has 0 spiro atoms. The van der Waals surface area contributed by atoms with Crippen molar-refractivity contribution < 1.29 is 22.7 Å². The largest absolute Gasteiger partial charge is 0.497 e. The van der Waals surface area contributed by atoms with Crippen molar-refractivity contribution in [2.75, 3.05) is 20.8 Å². The highest BCUT2D eigenvalue weighted by atomic mass is 32.2. The predicted octanol–water partition coefficient (Wildman–Crippen LogP) is 2.85. The van der Waals surface area contributed by atoms with Crippen LogP contribution >= 0.6 is 0 Å². The summed E-state index contributed by atoms with van der Waals surface area (Å²) in [4.78, 5) is 12.4. The molecule has 3 rings (SSSR count). The number of aryl methyl sites for hydroxylation is 1. The molecule has 1 atom stereocenters. The molecule has 6 nitrogen and oxygen atoms in total. The van der Waals surface area contributed by atoms with Crippen LogP contribution in [0, 0.1) is 6.92 Å². The molecule has 1 aliphatic rings. The molecule has 1 aliphatic heterocycles. The summed E-state index contributed by atoms with van der Waals surface area (Å²) in [5, 5.41) is 0.